The molecule has 132 valence electrons. The molecule has 0 aliphatic carbocycles. The smallest absolute Gasteiger partial charge is 0.271 e. The third-order valence-corrected chi connectivity index (χ3v) is 4.36. The van der Waals surface area contributed by atoms with Crippen LogP contribution in [0.15, 0.2) is 59.1 Å². The number of furan rings is 1. The molecule has 0 saturated heterocycles. The summed E-state index contributed by atoms with van der Waals surface area (Å²) in [6, 6.07) is 15.8. The number of nitrogens with one attached hydrogen (secondary N) is 2. The molecule has 0 radical (unpaired) electrons. The number of aromatic nitrogens is 3. The minimum Gasteiger partial charge on any atom is -0.460 e. The fraction of sp³-hybridized carbons (Fsp3) is 0.200. The summed E-state index contributed by atoms with van der Waals surface area (Å²) in [6.45, 7) is 3.32. The van der Waals surface area contributed by atoms with Crippen molar-refractivity contribution in [3.63, 3.8) is 0 Å². The van der Waals surface area contributed by atoms with E-state index in [-0.39, 0.29) is 5.91 Å². The van der Waals surface area contributed by atoms with E-state index in [4.69, 9.17) is 4.42 Å². The molecule has 0 fully saturated rings. The Bertz CT molecular complexity index is 1040. The van der Waals surface area contributed by atoms with Crippen LogP contribution in [0.1, 0.15) is 22.7 Å². The molecule has 4 rings (SSSR count). The van der Waals surface area contributed by atoms with E-state index in [1.165, 1.54) is 10.9 Å². The van der Waals surface area contributed by atoms with E-state index in [2.05, 4.69) is 44.5 Å². The molecule has 0 bridgehead atoms. The number of hydrogen-bond donors (Lipinski definition) is 2. The van der Waals surface area contributed by atoms with Gasteiger partial charge in [-0.05, 0) is 43.0 Å². The number of amides is 1. The van der Waals surface area contributed by atoms with Gasteiger partial charge in [0.05, 0.1) is 0 Å². The molecular weight excluding hydrogens is 328 g/mol. The van der Waals surface area contributed by atoms with Crippen LogP contribution in [0.3, 0.4) is 0 Å². The minimum atomic E-state index is -0.187. The second-order valence-electron chi connectivity index (χ2n) is 6.25. The highest BCUT2D eigenvalue weighted by Crippen LogP contribution is 2.20. The molecule has 0 aliphatic heterocycles. The van der Waals surface area contributed by atoms with Gasteiger partial charge in [-0.3, -0.25) is 9.89 Å². The van der Waals surface area contributed by atoms with E-state index in [9.17, 15) is 4.79 Å². The summed E-state index contributed by atoms with van der Waals surface area (Å²) in [5.74, 6) is 1.31. The van der Waals surface area contributed by atoms with E-state index in [1.807, 2.05) is 31.2 Å². The molecule has 0 saturated carbocycles. The van der Waals surface area contributed by atoms with Crippen LogP contribution in [0.2, 0.25) is 0 Å². The van der Waals surface area contributed by atoms with Crippen LogP contribution in [0, 0.1) is 6.92 Å². The monoisotopic (exact) mass is 348 g/mol. The molecule has 2 N–H and O–H groups in total. The Balaban J connectivity index is 1.31. The maximum absolute atomic E-state index is 12.2. The van der Waals surface area contributed by atoms with Crippen molar-refractivity contribution >= 4 is 16.8 Å². The summed E-state index contributed by atoms with van der Waals surface area (Å²) in [6.07, 6.45) is 2.93. The molecule has 6 nitrogen and oxygen atoms in total. The van der Waals surface area contributed by atoms with Crippen molar-refractivity contribution < 1.29 is 9.21 Å². The average Bonchev–Trinajstić information content (AvgIpc) is 3.38. The zero-order valence-electron chi connectivity index (χ0n) is 14.5. The molecular formula is C20H20N4O2. The Morgan fingerprint density at radius 3 is 2.96 bits per heavy atom. The second kappa shape index (κ2) is 6.92. The van der Waals surface area contributed by atoms with Crippen LogP contribution in [0.25, 0.3) is 22.4 Å². The fourth-order valence-electron chi connectivity index (χ4n) is 3.02. The van der Waals surface area contributed by atoms with E-state index in [0.29, 0.717) is 23.7 Å². The Morgan fingerprint density at radius 2 is 2.12 bits per heavy atom. The lowest BCUT2D eigenvalue weighted by Gasteiger charge is -2.06. The molecule has 3 aromatic heterocycles. The van der Waals surface area contributed by atoms with Gasteiger partial charge in [-0.1, -0.05) is 18.2 Å². The molecule has 0 spiro atoms. The van der Waals surface area contributed by atoms with Gasteiger partial charge >= 0.3 is 0 Å². The largest absolute Gasteiger partial charge is 0.460 e. The number of para-hydroxylation sites is 1. The first-order valence-corrected chi connectivity index (χ1v) is 8.65. The normalized spacial score (nSPS) is 11.1. The second-order valence-corrected chi connectivity index (χ2v) is 6.25. The first-order valence-electron chi connectivity index (χ1n) is 8.65. The van der Waals surface area contributed by atoms with Crippen molar-refractivity contribution in [1.82, 2.24) is 20.1 Å². The summed E-state index contributed by atoms with van der Waals surface area (Å²) in [4.78, 5) is 12.2. The standard InChI is InChI=1S/C20H20N4O2/c1-14-7-8-19(26-14)16-13-17(23-22-16)20(25)21-10-4-11-24-12-9-15-5-2-3-6-18(15)24/h2-3,5-9,12-13H,4,10-11H2,1H3,(H,21,25)(H,22,23). The fourth-order valence-corrected chi connectivity index (χ4v) is 3.02. The van der Waals surface area contributed by atoms with Gasteiger partial charge in [-0.2, -0.15) is 5.10 Å². The summed E-state index contributed by atoms with van der Waals surface area (Å²) in [5.41, 5.74) is 2.27. The predicted octanol–water partition coefficient (Wildman–Crippen LogP) is 3.75. The van der Waals surface area contributed by atoms with E-state index in [0.717, 1.165) is 18.7 Å². The number of nitrogens with zero attached hydrogens (tertiary/aromatic N) is 2. The Hall–Kier alpha value is -3.28. The van der Waals surface area contributed by atoms with Gasteiger partial charge in [-0.25, -0.2) is 0 Å². The van der Waals surface area contributed by atoms with Crippen molar-refractivity contribution in [3.05, 3.63) is 66.2 Å². The first kappa shape index (κ1) is 16.2. The number of benzene rings is 1. The number of H-pyrrole nitrogens is 1. The quantitative estimate of drug-likeness (QED) is 0.521. The number of fused-ring (bicyclic) bond motifs is 1. The Morgan fingerprint density at radius 1 is 1.23 bits per heavy atom. The number of rotatable bonds is 6. The molecule has 6 heteroatoms. The molecule has 3 heterocycles. The number of carbonyl (C=O) groups excluding carboxylic acids is 1. The number of aryl methyl sites for hydroxylation is 2. The van der Waals surface area contributed by atoms with Crippen LogP contribution < -0.4 is 5.32 Å². The molecule has 1 amide bonds. The van der Waals surface area contributed by atoms with Crippen molar-refractivity contribution in [1.29, 1.82) is 0 Å². The molecule has 0 atom stereocenters. The van der Waals surface area contributed by atoms with Gasteiger partial charge in [0.1, 0.15) is 11.5 Å². The lowest BCUT2D eigenvalue weighted by atomic mass is 10.2. The highest BCUT2D eigenvalue weighted by atomic mass is 16.3. The van der Waals surface area contributed by atoms with E-state index in [1.54, 1.807) is 6.07 Å². The van der Waals surface area contributed by atoms with Gasteiger partial charge in [0.25, 0.3) is 5.91 Å². The van der Waals surface area contributed by atoms with E-state index < -0.39 is 0 Å². The molecule has 26 heavy (non-hydrogen) atoms. The van der Waals surface area contributed by atoms with E-state index >= 15 is 0 Å². The van der Waals surface area contributed by atoms with Gasteiger partial charge in [-0.15, -0.1) is 0 Å². The highest BCUT2D eigenvalue weighted by molar-refractivity contribution is 5.93. The van der Waals surface area contributed by atoms with Gasteiger partial charge in [0.2, 0.25) is 0 Å². The van der Waals surface area contributed by atoms with Crippen LogP contribution in [0.5, 0.6) is 0 Å². The maximum Gasteiger partial charge on any atom is 0.271 e. The zero-order chi connectivity index (χ0) is 17.9. The number of aromatic amines is 1. The molecule has 4 aromatic rings. The average molecular weight is 348 g/mol. The van der Waals surface area contributed by atoms with Crippen LogP contribution in [0.4, 0.5) is 0 Å². The molecule has 1 aromatic carbocycles. The SMILES string of the molecule is Cc1ccc(-c2cc(C(=O)NCCCn3ccc4ccccc43)n[nH]2)o1. The minimum absolute atomic E-state index is 0.187. The van der Waals surface area contributed by atoms with Crippen molar-refractivity contribution in [2.75, 3.05) is 6.54 Å². The first-order chi connectivity index (χ1) is 12.7. The molecule has 0 unspecified atom stereocenters. The summed E-state index contributed by atoms with van der Waals surface area (Å²) >= 11 is 0. The highest BCUT2D eigenvalue weighted by Gasteiger charge is 2.12. The van der Waals surface area contributed by atoms with Crippen molar-refractivity contribution in [3.8, 4) is 11.5 Å². The third-order valence-electron chi connectivity index (χ3n) is 4.36. The van der Waals surface area contributed by atoms with Gasteiger partial charge in [0.15, 0.2) is 11.5 Å². The van der Waals surface area contributed by atoms with Gasteiger partial charge in [0, 0.05) is 30.9 Å². The Labute approximate surface area is 150 Å². The van der Waals surface area contributed by atoms with Gasteiger partial charge < -0.3 is 14.3 Å². The third kappa shape index (κ3) is 3.26. The van der Waals surface area contributed by atoms with Crippen molar-refractivity contribution in [2.45, 2.75) is 19.9 Å². The van der Waals surface area contributed by atoms with Crippen LogP contribution in [-0.2, 0) is 6.54 Å². The molecule has 0 aliphatic rings. The number of hydrogen-bond acceptors (Lipinski definition) is 3. The zero-order valence-corrected chi connectivity index (χ0v) is 14.5. The van der Waals surface area contributed by atoms with Crippen LogP contribution in [-0.4, -0.2) is 27.2 Å². The summed E-state index contributed by atoms with van der Waals surface area (Å²) < 4.78 is 7.73. The topological polar surface area (TPSA) is 75.8 Å². The number of carbonyl (C=O) groups is 1. The Kier molecular flexibility index (Phi) is 4.31. The lowest BCUT2D eigenvalue weighted by molar-refractivity contribution is 0.0948. The summed E-state index contributed by atoms with van der Waals surface area (Å²) in [7, 11) is 0. The lowest BCUT2D eigenvalue weighted by Crippen LogP contribution is -2.25. The van der Waals surface area contributed by atoms with Crippen LogP contribution >= 0.6 is 0 Å². The summed E-state index contributed by atoms with van der Waals surface area (Å²) in [5, 5.41) is 11.1. The maximum atomic E-state index is 12.2. The van der Waals surface area contributed by atoms with Crippen molar-refractivity contribution in [2.24, 2.45) is 0 Å². The predicted molar refractivity (Wildman–Crippen MR) is 99.9 cm³/mol.